The van der Waals surface area contributed by atoms with Crippen LogP contribution in [0.1, 0.15) is 31.1 Å². The van der Waals surface area contributed by atoms with Crippen LogP contribution in [0.5, 0.6) is 5.75 Å². The number of esters is 1. The molecule has 0 saturated heterocycles. The number of hydrogen-bond acceptors (Lipinski definition) is 7. The number of rotatable bonds is 12. The fourth-order valence-corrected chi connectivity index (χ4v) is 5.06. The number of methoxy groups -OCH3 is 1. The second-order valence-corrected chi connectivity index (χ2v) is 9.41. The van der Waals surface area contributed by atoms with Gasteiger partial charge >= 0.3 is 5.97 Å². The van der Waals surface area contributed by atoms with Crippen LogP contribution in [0.15, 0.2) is 52.3 Å². The lowest BCUT2D eigenvalue weighted by Gasteiger charge is -2.09. The van der Waals surface area contributed by atoms with Gasteiger partial charge in [-0.1, -0.05) is 26.3 Å². The van der Waals surface area contributed by atoms with Crippen LogP contribution >= 0.6 is 23.1 Å². The van der Waals surface area contributed by atoms with E-state index in [9.17, 15) is 9.90 Å². The van der Waals surface area contributed by atoms with Crippen LogP contribution in [0.3, 0.4) is 0 Å². The number of ether oxygens (including phenoxy) is 2. The summed E-state index contributed by atoms with van der Waals surface area (Å²) >= 11 is 3.21. The lowest BCUT2D eigenvalue weighted by molar-refractivity contribution is -0.140. The first-order valence-electron chi connectivity index (χ1n) is 10.3. The van der Waals surface area contributed by atoms with Crippen LogP contribution in [0.25, 0.3) is 21.6 Å². The van der Waals surface area contributed by atoms with E-state index in [4.69, 9.17) is 13.9 Å². The van der Waals surface area contributed by atoms with E-state index in [1.54, 1.807) is 18.4 Å². The molecule has 1 atom stereocenters. The van der Waals surface area contributed by atoms with Crippen molar-refractivity contribution in [2.24, 2.45) is 0 Å². The van der Waals surface area contributed by atoms with Crippen molar-refractivity contribution in [2.75, 3.05) is 19.5 Å². The van der Waals surface area contributed by atoms with Crippen LogP contribution in [0.2, 0.25) is 0 Å². The molecule has 0 amide bonds. The monoisotopic (exact) mass is 460 g/mol. The lowest BCUT2D eigenvalue weighted by atomic mass is 10.2. The number of benzene rings is 1. The second-order valence-electron chi connectivity index (χ2n) is 7.18. The topological polar surface area (TPSA) is 68.9 Å². The Bertz CT molecular complexity index is 1020. The predicted octanol–water partition coefficient (Wildman–Crippen LogP) is 6.08. The Morgan fingerprint density at radius 1 is 1.32 bits per heavy atom. The maximum absolute atomic E-state index is 11.1. The summed E-state index contributed by atoms with van der Waals surface area (Å²) in [6.07, 6.45) is 5.00. The minimum Gasteiger partial charge on any atom is -0.495 e. The summed E-state index contributed by atoms with van der Waals surface area (Å²) in [7, 11) is 1.69. The van der Waals surface area contributed by atoms with Gasteiger partial charge in [-0.2, -0.15) is 0 Å². The number of hydrogen-bond donors (Lipinski definition) is 1. The predicted molar refractivity (Wildman–Crippen MR) is 127 cm³/mol. The van der Waals surface area contributed by atoms with Gasteiger partial charge in [0, 0.05) is 27.0 Å². The van der Waals surface area contributed by atoms with Gasteiger partial charge in [-0.05, 0) is 43.2 Å². The largest absolute Gasteiger partial charge is 0.495 e. The van der Waals surface area contributed by atoms with Gasteiger partial charge in [0.15, 0.2) is 0 Å². The fourth-order valence-electron chi connectivity index (χ4n) is 3.11. The van der Waals surface area contributed by atoms with E-state index < -0.39 is 12.1 Å². The van der Waals surface area contributed by atoms with E-state index in [1.807, 2.05) is 24.3 Å². The summed E-state index contributed by atoms with van der Waals surface area (Å²) in [4.78, 5) is 14.4. The van der Waals surface area contributed by atoms with Gasteiger partial charge in [0.05, 0.1) is 13.2 Å². The summed E-state index contributed by atoms with van der Waals surface area (Å²) in [5.74, 6) is 1.52. The Hall–Kier alpha value is -2.22. The zero-order valence-corrected chi connectivity index (χ0v) is 19.5. The second kappa shape index (κ2) is 11.4. The molecule has 7 heteroatoms. The molecule has 166 valence electrons. The molecule has 0 spiro atoms. The SMILES string of the molecule is C=CC(=O)OCC(O)CSc1ccc2cc(-c3sc(CCCCC)cc3OC)oc2c1. The van der Waals surface area contributed by atoms with Crippen molar-refractivity contribution in [1.82, 2.24) is 0 Å². The maximum Gasteiger partial charge on any atom is 0.330 e. The average Bonchev–Trinajstić information content (AvgIpc) is 3.39. The van der Waals surface area contributed by atoms with E-state index in [1.165, 1.54) is 35.9 Å². The van der Waals surface area contributed by atoms with Gasteiger partial charge in [-0.25, -0.2) is 4.79 Å². The van der Waals surface area contributed by atoms with Crippen molar-refractivity contribution in [3.05, 3.63) is 47.9 Å². The molecule has 1 unspecified atom stereocenters. The highest BCUT2D eigenvalue weighted by atomic mass is 32.2. The molecule has 0 radical (unpaired) electrons. The van der Waals surface area contributed by atoms with Crippen LogP contribution in [-0.4, -0.2) is 36.6 Å². The molecule has 0 bridgehead atoms. The number of unbranched alkanes of at least 4 members (excludes halogenated alkanes) is 2. The van der Waals surface area contributed by atoms with Crippen molar-refractivity contribution in [2.45, 2.75) is 43.6 Å². The molecule has 2 heterocycles. The highest BCUT2D eigenvalue weighted by molar-refractivity contribution is 7.99. The number of fused-ring (bicyclic) bond motifs is 1. The van der Waals surface area contributed by atoms with Crippen molar-refractivity contribution in [3.8, 4) is 16.4 Å². The number of furan rings is 1. The molecule has 3 aromatic rings. The van der Waals surface area contributed by atoms with Gasteiger partial charge in [0.2, 0.25) is 0 Å². The average molecular weight is 461 g/mol. The molecule has 2 aromatic heterocycles. The molecular weight excluding hydrogens is 432 g/mol. The normalized spacial score (nSPS) is 12.1. The van der Waals surface area contributed by atoms with Gasteiger partial charge in [0.25, 0.3) is 0 Å². The third-order valence-electron chi connectivity index (χ3n) is 4.74. The summed E-state index contributed by atoms with van der Waals surface area (Å²) in [5.41, 5.74) is 0.788. The number of carbonyl (C=O) groups excluding carboxylic acids is 1. The third-order valence-corrected chi connectivity index (χ3v) is 7.07. The van der Waals surface area contributed by atoms with Crippen LogP contribution in [0.4, 0.5) is 0 Å². The minimum atomic E-state index is -0.752. The molecule has 31 heavy (non-hydrogen) atoms. The Kier molecular flexibility index (Phi) is 8.63. The van der Waals surface area contributed by atoms with Crippen molar-refractivity contribution < 1.29 is 23.8 Å². The van der Waals surface area contributed by atoms with Gasteiger partial charge in [-0.15, -0.1) is 23.1 Å². The van der Waals surface area contributed by atoms with Gasteiger partial charge in [0.1, 0.15) is 28.6 Å². The van der Waals surface area contributed by atoms with E-state index in [0.29, 0.717) is 5.75 Å². The smallest absolute Gasteiger partial charge is 0.330 e. The zero-order valence-electron chi connectivity index (χ0n) is 17.9. The summed E-state index contributed by atoms with van der Waals surface area (Å²) in [6, 6.07) is 10.1. The van der Waals surface area contributed by atoms with Gasteiger partial charge in [-0.3, -0.25) is 0 Å². The Labute approximate surface area is 191 Å². The van der Waals surface area contributed by atoms with Gasteiger partial charge < -0.3 is 19.0 Å². The number of thiophene rings is 1. The Balaban J connectivity index is 1.69. The maximum atomic E-state index is 11.1. The molecule has 0 fully saturated rings. The molecule has 3 rings (SSSR count). The van der Waals surface area contributed by atoms with E-state index in [0.717, 1.165) is 44.7 Å². The molecule has 0 aliphatic heterocycles. The van der Waals surface area contributed by atoms with Crippen LogP contribution in [-0.2, 0) is 16.0 Å². The third kappa shape index (κ3) is 6.38. The quantitative estimate of drug-likeness (QED) is 0.153. The molecule has 1 N–H and O–H groups in total. The molecule has 1 aromatic carbocycles. The van der Waals surface area contributed by atoms with Crippen molar-refractivity contribution in [1.29, 1.82) is 0 Å². The fraction of sp³-hybridized carbons (Fsp3) is 0.375. The van der Waals surface area contributed by atoms with Crippen LogP contribution in [0, 0.1) is 0 Å². The summed E-state index contributed by atoms with van der Waals surface area (Å²) < 4.78 is 16.6. The molecule has 0 saturated carbocycles. The number of aliphatic hydroxyl groups is 1. The lowest BCUT2D eigenvalue weighted by Crippen LogP contribution is -2.19. The molecule has 0 aliphatic rings. The van der Waals surface area contributed by atoms with E-state index >= 15 is 0 Å². The first kappa shape index (κ1) is 23.4. The highest BCUT2D eigenvalue weighted by Crippen LogP contribution is 2.41. The molecule has 5 nitrogen and oxygen atoms in total. The molecular formula is C24H28O5S2. The van der Waals surface area contributed by atoms with E-state index in [-0.39, 0.29) is 6.61 Å². The zero-order chi connectivity index (χ0) is 22.2. The van der Waals surface area contributed by atoms with Crippen LogP contribution < -0.4 is 4.74 Å². The highest BCUT2D eigenvalue weighted by Gasteiger charge is 2.16. The van der Waals surface area contributed by atoms with Crippen molar-refractivity contribution >= 4 is 40.0 Å². The van der Waals surface area contributed by atoms with Crippen molar-refractivity contribution in [3.63, 3.8) is 0 Å². The van der Waals surface area contributed by atoms with E-state index in [2.05, 4.69) is 19.6 Å². The Morgan fingerprint density at radius 2 is 2.16 bits per heavy atom. The first-order valence-corrected chi connectivity index (χ1v) is 12.1. The summed E-state index contributed by atoms with van der Waals surface area (Å²) in [6.45, 7) is 5.49. The Morgan fingerprint density at radius 3 is 2.90 bits per heavy atom. The number of aliphatic hydroxyl groups excluding tert-OH is 1. The summed E-state index contributed by atoms with van der Waals surface area (Å²) in [5, 5.41) is 11.0. The number of thioether (sulfide) groups is 1. The number of aryl methyl sites for hydroxylation is 1. The standard InChI is InChI=1S/C24H28O5S2/c1-4-6-7-8-19-13-21(27-3)24(31-19)22-11-16-9-10-18(12-20(16)29-22)30-15-17(25)14-28-23(26)5-2/h5,9-13,17,25H,2,4,6-8,14-15H2,1,3H3. The first-order chi connectivity index (χ1) is 15.0. The number of carbonyl (C=O) groups is 1. The minimum absolute atomic E-state index is 0.0518. The molecule has 0 aliphatic carbocycles.